The summed E-state index contributed by atoms with van der Waals surface area (Å²) in [5.41, 5.74) is 5.29. The van der Waals surface area contributed by atoms with E-state index in [1.807, 2.05) is 6.07 Å². The Balaban J connectivity index is 1.64. The molecular formula is C22H27NO. The summed E-state index contributed by atoms with van der Waals surface area (Å²) in [5, 5.41) is 0. The largest absolute Gasteiger partial charge is 0.342 e. The molecule has 1 amide bonds. The van der Waals surface area contributed by atoms with Crippen molar-refractivity contribution in [2.45, 2.75) is 39.5 Å². The van der Waals surface area contributed by atoms with Gasteiger partial charge in [0.2, 0.25) is 5.91 Å². The van der Waals surface area contributed by atoms with Gasteiger partial charge in [0.25, 0.3) is 0 Å². The summed E-state index contributed by atoms with van der Waals surface area (Å²) < 4.78 is 0. The zero-order valence-electron chi connectivity index (χ0n) is 14.8. The van der Waals surface area contributed by atoms with E-state index in [4.69, 9.17) is 0 Å². The molecule has 1 saturated heterocycles. The van der Waals surface area contributed by atoms with Gasteiger partial charge in [-0.3, -0.25) is 4.79 Å². The number of amides is 1. The minimum absolute atomic E-state index is 0.148. The lowest BCUT2D eigenvalue weighted by Gasteiger charge is -2.33. The number of nitrogens with zero attached hydrogens (tertiary/aromatic N) is 1. The lowest BCUT2D eigenvalue weighted by Crippen LogP contribution is -2.43. The van der Waals surface area contributed by atoms with Gasteiger partial charge in [0.15, 0.2) is 0 Å². The van der Waals surface area contributed by atoms with Crippen molar-refractivity contribution in [2.24, 2.45) is 5.92 Å². The van der Waals surface area contributed by atoms with Crippen LogP contribution in [0.4, 0.5) is 0 Å². The molecule has 24 heavy (non-hydrogen) atoms. The zero-order valence-corrected chi connectivity index (χ0v) is 14.8. The van der Waals surface area contributed by atoms with E-state index in [1.165, 1.54) is 22.3 Å². The predicted octanol–water partition coefficient (Wildman–Crippen LogP) is 4.33. The summed E-state index contributed by atoms with van der Waals surface area (Å²) in [5.74, 6) is 0.495. The Bertz CT molecular complexity index is 672. The molecule has 0 aliphatic carbocycles. The van der Waals surface area contributed by atoms with Gasteiger partial charge in [-0.2, -0.15) is 0 Å². The van der Waals surface area contributed by atoms with E-state index in [2.05, 4.69) is 61.2 Å². The molecule has 3 rings (SSSR count). The van der Waals surface area contributed by atoms with E-state index in [-0.39, 0.29) is 5.92 Å². The van der Waals surface area contributed by atoms with E-state index >= 15 is 0 Å². The van der Waals surface area contributed by atoms with Crippen molar-refractivity contribution >= 4 is 5.91 Å². The Morgan fingerprint density at radius 1 is 1.00 bits per heavy atom. The fraction of sp³-hybridized carbons (Fsp3) is 0.409. The van der Waals surface area contributed by atoms with Gasteiger partial charge in [0.1, 0.15) is 0 Å². The molecule has 0 saturated carbocycles. The maximum Gasteiger partial charge on any atom is 0.226 e. The van der Waals surface area contributed by atoms with Gasteiger partial charge in [-0.05, 0) is 61.8 Å². The average Bonchev–Trinajstić information content (AvgIpc) is 2.59. The molecule has 2 heteroatoms. The van der Waals surface area contributed by atoms with Crippen molar-refractivity contribution in [3.63, 3.8) is 0 Å². The van der Waals surface area contributed by atoms with Crippen LogP contribution in [0, 0.1) is 19.8 Å². The van der Waals surface area contributed by atoms with Crippen LogP contribution in [0.15, 0.2) is 48.5 Å². The number of likely N-dealkylation sites (tertiary alicyclic amines) is 1. The second kappa shape index (κ2) is 7.65. The highest BCUT2D eigenvalue weighted by molar-refractivity contribution is 5.80. The quantitative estimate of drug-likeness (QED) is 0.803. The molecule has 1 heterocycles. The van der Waals surface area contributed by atoms with Crippen molar-refractivity contribution in [1.82, 2.24) is 4.90 Å². The highest BCUT2D eigenvalue weighted by Gasteiger charge is 2.29. The van der Waals surface area contributed by atoms with Crippen LogP contribution in [0.5, 0.6) is 0 Å². The molecule has 2 aromatic carbocycles. The first-order valence-electron chi connectivity index (χ1n) is 9.03. The zero-order chi connectivity index (χ0) is 16.9. The lowest BCUT2D eigenvalue weighted by atomic mass is 9.87. The fourth-order valence-corrected chi connectivity index (χ4v) is 3.76. The van der Waals surface area contributed by atoms with Gasteiger partial charge in [0, 0.05) is 19.0 Å². The summed E-state index contributed by atoms with van der Waals surface area (Å²) in [6.45, 7) is 6.06. The number of carbonyl (C=O) groups is 1. The van der Waals surface area contributed by atoms with E-state index < -0.39 is 0 Å². The lowest BCUT2D eigenvalue weighted by molar-refractivity contribution is -0.138. The Hall–Kier alpha value is -2.09. The van der Waals surface area contributed by atoms with Crippen molar-refractivity contribution in [2.75, 3.05) is 13.1 Å². The molecule has 0 aromatic heterocycles. The van der Waals surface area contributed by atoms with Gasteiger partial charge < -0.3 is 4.90 Å². The Kier molecular flexibility index (Phi) is 5.34. The maximum absolute atomic E-state index is 12.9. The van der Waals surface area contributed by atoms with Gasteiger partial charge in [-0.25, -0.2) is 0 Å². The van der Waals surface area contributed by atoms with Crippen molar-refractivity contribution in [3.8, 4) is 0 Å². The Labute approximate surface area is 145 Å². The monoisotopic (exact) mass is 321 g/mol. The van der Waals surface area contributed by atoms with E-state index in [1.54, 1.807) is 0 Å². The third kappa shape index (κ3) is 3.87. The third-order valence-electron chi connectivity index (χ3n) is 5.25. The molecule has 0 radical (unpaired) electrons. The number of hydrogen-bond donors (Lipinski definition) is 0. The molecule has 1 aliphatic rings. The molecule has 2 aromatic rings. The fourth-order valence-electron chi connectivity index (χ4n) is 3.76. The summed E-state index contributed by atoms with van der Waals surface area (Å²) in [7, 11) is 0. The number of piperidine rings is 1. The average molecular weight is 321 g/mol. The first-order chi connectivity index (χ1) is 11.6. The molecule has 0 N–H and O–H groups in total. The van der Waals surface area contributed by atoms with Crippen LogP contribution < -0.4 is 0 Å². The molecule has 126 valence electrons. The Morgan fingerprint density at radius 3 is 2.42 bits per heavy atom. The van der Waals surface area contributed by atoms with Gasteiger partial charge in [-0.15, -0.1) is 0 Å². The van der Waals surface area contributed by atoms with Crippen molar-refractivity contribution in [3.05, 3.63) is 70.8 Å². The Morgan fingerprint density at radius 2 is 1.71 bits per heavy atom. The topological polar surface area (TPSA) is 20.3 Å². The van der Waals surface area contributed by atoms with Crippen LogP contribution in [0.25, 0.3) is 0 Å². The van der Waals surface area contributed by atoms with Gasteiger partial charge in [0.05, 0.1) is 0 Å². The molecular weight excluding hydrogens is 294 g/mol. The SMILES string of the molecule is Cc1cccc(C)c1CC1CCCN(CCc2ccccc2)C1=O. The van der Waals surface area contributed by atoms with Crippen LogP contribution in [0.1, 0.15) is 35.1 Å². The minimum atomic E-state index is 0.148. The second-order valence-corrected chi connectivity index (χ2v) is 6.97. The summed E-state index contributed by atoms with van der Waals surface area (Å²) in [6.07, 6.45) is 3.98. The van der Waals surface area contributed by atoms with Gasteiger partial charge in [-0.1, -0.05) is 48.5 Å². The second-order valence-electron chi connectivity index (χ2n) is 6.97. The van der Waals surface area contributed by atoms with Crippen LogP contribution >= 0.6 is 0 Å². The standard InChI is InChI=1S/C22H27NO/c1-17-8-6-9-18(2)21(17)16-20-12-7-14-23(22(20)24)15-13-19-10-4-3-5-11-19/h3-6,8-11,20H,7,12-16H2,1-2H3. The number of carbonyl (C=O) groups excluding carboxylic acids is 1. The number of rotatable bonds is 5. The molecule has 1 fully saturated rings. The van der Waals surface area contributed by atoms with Gasteiger partial charge >= 0.3 is 0 Å². The number of benzene rings is 2. The first kappa shape index (κ1) is 16.8. The maximum atomic E-state index is 12.9. The van der Waals surface area contributed by atoms with E-state index in [9.17, 15) is 4.79 Å². The first-order valence-corrected chi connectivity index (χ1v) is 9.03. The van der Waals surface area contributed by atoms with Crippen LogP contribution in [-0.2, 0) is 17.6 Å². The third-order valence-corrected chi connectivity index (χ3v) is 5.25. The predicted molar refractivity (Wildman–Crippen MR) is 99.1 cm³/mol. The molecule has 2 nitrogen and oxygen atoms in total. The van der Waals surface area contributed by atoms with E-state index in [0.29, 0.717) is 5.91 Å². The number of aryl methyl sites for hydroxylation is 2. The minimum Gasteiger partial charge on any atom is -0.342 e. The summed E-state index contributed by atoms with van der Waals surface area (Å²) in [4.78, 5) is 15.0. The highest BCUT2D eigenvalue weighted by Crippen LogP contribution is 2.25. The molecule has 0 spiro atoms. The van der Waals surface area contributed by atoms with Crippen molar-refractivity contribution < 1.29 is 4.79 Å². The summed E-state index contributed by atoms with van der Waals surface area (Å²) in [6, 6.07) is 16.9. The highest BCUT2D eigenvalue weighted by atomic mass is 16.2. The van der Waals surface area contributed by atoms with Crippen LogP contribution in [0.3, 0.4) is 0 Å². The molecule has 1 unspecified atom stereocenters. The molecule has 0 bridgehead atoms. The van der Waals surface area contributed by atoms with E-state index in [0.717, 1.165) is 38.8 Å². The molecule has 1 atom stereocenters. The molecule has 1 aliphatic heterocycles. The van der Waals surface area contributed by atoms with Crippen LogP contribution in [-0.4, -0.2) is 23.9 Å². The smallest absolute Gasteiger partial charge is 0.226 e. The summed E-state index contributed by atoms with van der Waals surface area (Å²) >= 11 is 0. The number of hydrogen-bond acceptors (Lipinski definition) is 1. The van der Waals surface area contributed by atoms with Crippen LogP contribution in [0.2, 0.25) is 0 Å². The normalized spacial score (nSPS) is 18.0. The van der Waals surface area contributed by atoms with Crippen molar-refractivity contribution in [1.29, 1.82) is 0 Å².